The van der Waals surface area contributed by atoms with Crippen molar-refractivity contribution in [2.75, 3.05) is 6.61 Å². The third-order valence-corrected chi connectivity index (χ3v) is 4.63. The average Bonchev–Trinajstić information content (AvgIpc) is 2.97. The maximum absolute atomic E-state index is 10.9. The summed E-state index contributed by atoms with van der Waals surface area (Å²) in [5.74, 6) is -2.57. The molecule has 4 N–H and O–H groups in total. The second-order valence-corrected chi connectivity index (χ2v) is 7.00. The van der Waals surface area contributed by atoms with E-state index in [0.29, 0.717) is 6.08 Å². The monoisotopic (exact) mass is 443 g/mol. The summed E-state index contributed by atoms with van der Waals surface area (Å²) in [6, 6.07) is -1.51. The first kappa shape index (κ1) is 26.7. The normalized spacial score (nSPS) is 39.8. The first-order valence-corrected chi connectivity index (χ1v) is 8.77. The number of aliphatic carboxylic acids is 1. The number of nitrogens with one attached hydrogen (secondary N) is 1. The van der Waals surface area contributed by atoms with Crippen molar-refractivity contribution in [2.24, 2.45) is 0 Å². The van der Waals surface area contributed by atoms with E-state index >= 15 is 0 Å². The van der Waals surface area contributed by atoms with Crippen molar-refractivity contribution in [3.63, 3.8) is 0 Å². The maximum Gasteiger partial charge on any atom is 1.00 e. The minimum absolute atomic E-state index is 0. The summed E-state index contributed by atoms with van der Waals surface area (Å²) in [7, 11) is -4.97. The molecule has 148 valence electrons. The van der Waals surface area contributed by atoms with Crippen molar-refractivity contribution in [1.29, 1.82) is 0 Å². The summed E-state index contributed by atoms with van der Waals surface area (Å²) >= 11 is 0. The van der Waals surface area contributed by atoms with Crippen LogP contribution >= 0.6 is 0 Å². The zero-order valence-electron chi connectivity index (χ0n) is 14.8. The second-order valence-electron chi connectivity index (χ2n) is 5.85. The van der Waals surface area contributed by atoms with E-state index in [1.807, 2.05) is 0 Å². The molecule has 0 saturated carbocycles. The smallest absolute Gasteiger partial charge is 0.735 e. The third-order valence-electron chi connectivity index (χ3n) is 4.06. The van der Waals surface area contributed by atoms with Gasteiger partial charge in [0.25, 0.3) is 0 Å². The van der Waals surface area contributed by atoms with Gasteiger partial charge in [-0.1, -0.05) is 0 Å². The van der Waals surface area contributed by atoms with E-state index in [9.17, 15) is 38.2 Å². The average molecular weight is 443 g/mol. The van der Waals surface area contributed by atoms with E-state index in [1.54, 1.807) is 4.72 Å². The van der Waals surface area contributed by atoms with Crippen LogP contribution in [-0.4, -0.2) is 90.0 Å². The molecule has 0 aromatic heterocycles. The molecule has 3 heterocycles. The molecule has 2 saturated heterocycles. The molecule has 0 aromatic rings. The second kappa shape index (κ2) is 10.3. The quantitative estimate of drug-likeness (QED) is 0.231. The number of aliphatic hydroxyl groups excluding tert-OH is 3. The Bertz CT molecular complexity index is 705. The zero-order valence-corrected chi connectivity index (χ0v) is 19.6. The van der Waals surface area contributed by atoms with Gasteiger partial charge in [0.15, 0.2) is 16.6 Å². The molecular weight excluding hydrogens is 428 g/mol. The molecule has 0 radical (unpaired) electrons. The number of hydrogen-bond donors (Lipinski definition) is 4. The van der Waals surface area contributed by atoms with Gasteiger partial charge in [0.2, 0.25) is 6.29 Å². The largest absolute Gasteiger partial charge is 1.00 e. The molecular formula is C12H15NNa2O12S. The molecule has 2 fully saturated rings. The van der Waals surface area contributed by atoms with Gasteiger partial charge >= 0.3 is 59.1 Å². The zero-order chi connectivity index (χ0) is 19.2. The molecule has 2 bridgehead atoms. The summed E-state index contributed by atoms with van der Waals surface area (Å²) in [5, 5.41) is 40.8. The van der Waals surface area contributed by atoms with E-state index in [-0.39, 0.29) is 65.7 Å². The van der Waals surface area contributed by atoms with Gasteiger partial charge in [0, 0.05) is 0 Å². The number of fused-ring (bicyclic) bond motifs is 2. The van der Waals surface area contributed by atoms with Crippen molar-refractivity contribution in [3.05, 3.63) is 11.8 Å². The number of carbonyl (C=O) groups is 1. The molecule has 3 rings (SSSR count). The van der Waals surface area contributed by atoms with Crippen molar-refractivity contribution in [3.8, 4) is 0 Å². The summed E-state index contributed by atoms with van der Waals surface area (Å²) < 4.78 is 55.0. The molecule has 3 aliphatic heterocycles. The fourth-order valence-corrected chi connectivity index (χ4v) is 3.46. The fourth-order valence-electron chi connectivity index (χ4n) is 2.87. The maximum atomic E-state index is 10.9. The molecule has 13 nitrogen and oxygen atoms in total. The van der Waals surface area contributed by atoms with Crippen molar-refractivity contribution in [1.82, 2.24) is 4.72 Å². The predicted octanol–water partition coefficient (Wildman–Crippen LogP) is -11.4. The van der Waals surface area contributed by atoms with Crippen LogP contribution in [0.2, 0.25) is 0 Å². The van der Waals surface area contributed by atoms with Crippen LogP contribution in [-0.2, 0) is 34.0 Å². The van der Waals surface area contributed by atoms with Crippen LogP contribution in [0.3, 0.4) is 0 Å². The summed E-state index contributed by atoms with van der Waals surface area (Å²) in [4.78, 5) is 10.9. The topological polar surface area (TPSA) is 207 Å². The standard InChI is InChI=1S/C12H17NO12S.2Na/c14-3-1-4(10(17)18)23-12(7(3)15)25-9-5-2-22-11(24-5)6(8(9)16)13-26(19,20)21;;/h1,3,5-9,11-16H,2H2,(H,17,18)(H,19,20,21);;/q;2*+1/p-2/t3-,5+,6-,7+,8+,9+,11+,12-;;/m0../s1. The van der Waals surface area contributed by atoms with Gasteiger partial charge in [-0.05, 0) is 6.08 Å². The Morgan fingerprint density at radius 3 is 2.46 bits per heavy atom. The SMILES string of the molecule is O=C([O-])C1=C[C@H](O)[C@@H](O)[C@H](O[C@H]2[C@H](O)[C@H](NS(=O)(=O)[O-])[C@@H]3OC[C@H]2O3)O1.[Na+].[Na+]. The number of ether oxygens (including phenoxy) is 4. The van der Waals surface area contributed by atoms with Gasteiger partial charge in [-0.25, -0.2) is 13.1 Å². The Morgan fingerprint density at radius 2 is 1.89 bits per heavy atom. The van der Waals surface area contributed by atoms with E-state index < -0.39 is 71.2 Å². The van der Waals surface area contributed by atoms with Crippen LogP contribution < -0.4 is 68.9 Å². The Morgan fingerprint density at radius 1 is 1.25 bits per heavy atom. The Balaban J connectivity index is 0.00000196. The number of hydrogen-bond acceptors (Lipinski definition) is 12. The van der Waals surface area contributed by atoms with Gasteiger partial charge in [0.1, 0.15) is 48.3 Å². The van der Waals surface area contributed by atoms with Crippen molar-refractivity contribution < 1.29 is 116 Å². The predicted molar refractivity (Wildman–Crippen MR) is 72.1 cm³/mol. The Hall–Kier alpha value is 0.640. The van der Waals surface area contributed by atoms with Crippen molar-refractivity contribution >= 4 is 16.3 Å². The van der Waals surface area contributed by atoms with Gasteiger partial charge in [-0.15, -0.1) is 0 Å². The van der Waals surface area contributed by atoms with Crippen molar-refractivity contribution in [2.45, 2.75) is 49.1 Å². The molecule has 3 aliphatic rings. The minimum atomic E-state index is -4.97. The molecule has 0 spiro atoms. The van der Waals surface area contributed by atoms with Gasteiger partial charge in [-0.2, -0.15) is 0 Å². The van der Waals surface area contributed by atoms with Gasteiger partial charge in [-0.3, -0.25) is 0 Å². The molecule has 0 aromatic carbocycles. The molecule has 0 unspecified atom stereocenters. The number of aliphatic hydroxyl groups is 3. The van der Waals surface area contributed by atoms with E-state index in [2.05, 4.69) is 0 Å². The van der Waals surface area contributed by atoms with Gasteiger partial charge in [0.05, 0.1) is 6.61 Å². The van der Waals surface area contributed by atoms with Crippen LogP contribution in [0.4, 0.5) is 0 Å². The van der Waals surface area contributed by atoms with Crippen LogP contribution in [0.15, 0.2) is 11.8 Å². The molecule has 28 heavy (non-hydrogen) atoms. The number of carboxylic acid groups (broad SMARTS) is 1. The van der Waals surface area contributed by atoms with E-state index in [0.717, 1.165) is 0 Å². The molecule has 16 heteroatoms. The Kier molecular flexibility index (Phi) is 9.81. The van der Waals surface area contributed by atoms with E-state index in [1.165, 1.54) is 0 Å². The first-order chi connectivity index (χ1) is 12.1. The molecule has 8 atom stereocenters. The molecule has 0 amide bonds. The number of carbonyl (C=O) groups excluding carboxylic acids is 1. The van der Waals surface area contributed by atoms with Crippen LogP contribution in [0, 0.1) is 0 Å². The summed E-state index contributed by atoms with van der Waals surface area (Å²) in [6.45, 7) is -0.141. The molecule has 0 aliphatic carbocycles. The van der Waals surface area contributed by atoms with Crippen LogP contribution in [0.5, 0.6) is 0 Å². The summed E-state index contributed by atoms with van der Waals surface area (Å²) in [5.41, 5.74) is 0. The third kappa shape index (κ3) is 5.87. The van der Waals surface area contributed by atoms with Gasteiger partial charge < -0.3 is 48.7 Å². The fraction of sp³-hybridized carbons (Fsp3) is 0.750. The minimum Gasteiger partial charge on any atom is -0.735 e. The van der Waals surface area contributed by atoms with Crippen LogP contribution in [0.25, 0.3) is 0 Å². The Labute approximate surface area is 203 Å². The summed E-state index contributed by atoms with van der Waals surface area (Å²) in [6.07, 6.45) is -9.61. The van der Waals surface area contributed by atoms with Crippen LogP contribution in [0.1, 0.15) is 0 Å². The number of rotatable bonds is 5. The first-order valence-electron chi connectivity index (χ1n) is 7.36. The number of carboxylic acids is 1. The van der Waals surface area contributed by atoms with E-state index in [4.69, 9.17) is 18.9 Å².